The number of rotatable bonds is 6. The highest BCUT2D eigenvalue weighted by Gasteiger charge is 2.26. The Bertz CT molecular complexity index is 1370. The predicted octanol–water partition coefficient (Wildman–Crippen LogP) is 4.37. The van der Waals surface area contributed by atoms with E-state index < -0.39 is 10.0 Å². The van der Waals surface area contributed by atoms with Crippen molar-refractivity contribution in [2.24, 2.45) is 5.92 Å². The van der Waals surface area contributed by atoms with Gasteiger partial charge in [0.1, 0.15) is 23.9 Å². The fraction of sp³-hybridized carbons (Fsp3) is 0.345. The zero-order chi connectivity index (χ0) is 28.0. The Morgan fingerprint density at radius 3 is 2.38 bits per heavy atom. The highest BCUT2D eigenvalue weighted by molar-refractivity contribution is 7.92. The van der Waals surface area contributed by atoms with Crippen molar-refractivity contribution in [1.82, 2.24) is 10.2 Å². The number of likely N-dealkylation sites (N-methyl/N-ethyl adjacent to an activating group) is 1. The molecule has 9 nitrogen and oxygen atoms in total. The minimum Gasteiger partial charge on any atom is -0.491 e. The molecule has 0 aliphatic carbocycles. The minimum absolute atomic E-state index is 0.0390. The summed E-state index contributed by atoms with van der Waals surface area (Å²) in [4.78, 5) is 15.1. The van der Waals surface area contributed by atoms with Crippen LogP contribution in [0.2, 0.25) is 0 Å². The normalized spacial score (nSPS) is 20.7. The molecule has 1 amide bonds. The summed E-state index contributed by atoms with van der Waals surface area (Å²) in [5.74, 6) is 1.42. The summed E-state index contributed by atoms with van der Waals surface area (Å²) in [7, 11) is -0.596. The summed E-state index contributed by atoms with van der Waals surface area (Å²) in [6.07, 6.45) is -0.169. The second-order valence-corrected chi connectivity index (χ2v) is 11.4. The summed E-state index contributed by atoms with van der Waals surface area (Å²) in [6.45, 7) is 5.51. The molecule has 0 spiro atoms. The first-order chi connectivity index (χ1) is 18.7. The summed E-state index contributed by atoms with van der Waals surface area (Å²) in [5, 5.41) is 3.44. The average Bonchev–Trinajstić information content (AvgIpc) is 2.93. The average molecular weight is 554 g/mol. The van der Waals surface area contributed by atoms with E-state index >= 15 is 0 Å². The first kappa shape index (κ1) is 28.4. The van der Waals surface area contributed by atoms with Crippen molar-refractivity contribution in [3.05, 3.63) is 78.4 Å². The summed E-state index contributed by atoms with van der Waals surface area (Å²) >= 11 is 0. The lowest BCUT2D eigenvalue weighted by atomic mass is 10.0. The van der Waals surface area contributed by atoms with Crippen LogP contribution in [0.25, 0.3) is 0 Å². The van der Waals surface area contributed by atoms with E-state index in [0.717, 1.165) is 6.54 Å². The zero-order valence-electron chi connectivity index (χ0n) is 22.6. The molecule has 208 valence electrons. The zero-order valence-corrected chi connectivity index (χ0v) is 23.4. The number of hydrogen-bond acceptors (Lipinski definition) is 7. The number of benzene rings is 3. The van der Waals surface area contributed by atoms with Crippen molar-refractivity contribution >= 4 is 21.6 Å². The first-order valence-corrected chi connectivity index (χ1v) is 14.3. The van der Waals surface area contributed by atoms with Crippen molar-refractivity contribution < 1.29 is 27.4 Å². The van der Waals surface area contributed by atoms with Gasteiger partial charge in [-0.05, 0) is 67.4 Å². The van der Waals surface area contributed by atoms with Crippen molar-refractivity contribution in [2.45, 2.75) is 30.9 Å². The van der Waals surface area contributed by atoms with Crippen LogP contribution in [0.3, 0.4) is 0 Å². The molecule has 0 saturated heterocycles. The minimum atomic E-state index is -3.93. The Labute approximate surface area is 230 Å². The molecule has 0 radical (unpaired) electrons. The Hall–Kier alpha value is -3.60. The van der Waals surface area contributed by atoms with Crippen LogP contribution in [0.5, 0.6) is 17.2 Å². The number of carbonyl (C=O) groups is 1. The van der Waals surface area contributed by atoms with Gasteiger partial charge in [-0.3, -0.25) is 9.52 Å². The predicted molar refractivity (Wildman–Crippen MR) is 150 cm³/mol. The summed E-state index contributed by atoms with van der Waals surface area (Å²) < 4.78 is 46.3. The van der Waals surface area contributed by atoms with Crippen LogP contribution in [-0.2, 0) is 14.8 Å². The number of methoxy groups -OCH3 is 1. The van der Waals surface area contributed by atoms with Gasteiger partial charge in [-0.2, -0.15) is 0 Å². The molecule has 0 bridgehead atoms. The number of nitrogens with one attached hydrogen (secondary N) is 2. The molecule has 0 saturated carbocycles. The van der Waals surface area contributed by atoms with Gasteiger partial charge in [0.15, 0.2) is 0 Å². The van der Waals surface area contributed by atoms with Gasteiger partial charge in [0, 0.05) is 39.0 Å². The quantitative estimate of drug-likeness (QED) is 0.467. The molecule has 39 heavy (non-hydrogen) atoms. The van der Waals surface area contributed by atoms with E-state index in [1.807, 2.05) is 37.3 Å². The highest BCUT2D eigenvalue weighted by Crippen LogP contribution is 2.28. The maximum Gasteiger partial charge on any atom is 0.261 e. The number of anilines is 1. The third-order valence-corrected chi connectivity index (χ3v) is 7.99. The van der Waals surface area contributed by atoms with Gasteiger partial charge in [-0.25, -0.2) is 8.42 Å². The standard InChI is InChI=1S/C29H35N3O6S/c1-20-17-30-21(2)19-37-27-15-10-22(16-26(27)29(33)32(3)18-28(20)36-4)31-39(34,35)25-13-11-24(12-14-25)38-23-8-6-5-7-9-23/h5-16,20-21,28,30-31H,17-19H2,1-4H3/t20-,21+,28-/m0/s1. The monoisotopic (exact) mass is 553 g/mol. The number of para-hydroxylation sites is 1. The molecular weight excluding hydrogens is 518 g/mol. The van der Waals surface area contributed by atoms with Gasteiger partial charge >= 0.3 is 0 Å². The van der Waals surface area contributed by atoms with E-state index in [0.29, 0.717) is 30.4 Å². The third kappa shape index (κ3) is 7.29. The van der Waals surface area contributed by atoms with E-state index in [9.17, 15) is 13.2 Å². The Balaban J connectivity index is 1.56. The van der Waals surface area contributed by atoms with Gasteiger partial charge in [-0.15, -0.1) is 0 Å². The number of carbonyl (C=O) groups excluding carboxylic acids is 1. The van der Waals surface area contributed by atoms with Crippen LogP contribution in [-0.4, -0.2) is 65.2 Å². The van der Waals surface area contributed by atoms with Crippen LogP contribution in [0.1, 0.15) is 24.2 Å². The molecule has 4 rings (SSSR count). The molecule has 0 fully saturated rings. The van der Waals surface area contributed by atoms with E-state index in [1.165, 1.54) is 18.2 Å². The van der Waals surface area contributed by atoms with Crippen molar-refractivity contribution in [2.75, 3.05) is 38.6 Å². The number of hydrogen-bond donors (Lipinski definition) is 2. The number of sulfonamides is 1. The van der Waals surface area contributed by atoms with Crippen LogP contribution in [0.15, 0.2) is 77.7 Å². The largest absolute Gasteiger partial charge is 0.491 e. The fourth-order valence-corrected chi connectivity index (χ4v) is 5.30. The van der Waals surface area contributed by atoms with E-state index in [4.69, 9.17) is 14.2 Å². The smallest absolute Gasteiger partial charge is 0.261 e. The van der Waals surface area contributed by atoms with Crippen molar-refractivity contribution in [1.29, 1.82) is 0 Å². The van der Waals surface area contributed by atoms with Crippen LogP contribution < -0.4 is 19.5 Å². The Morgan fingerprint density at radius 2 is 1.69 bits per heavy atom. The molecule has 2 N–H and O–H groups in total. The highest BCUT2D eigenvalue weighted by atomic mass is 32.2. The molecule has 3 aromatic carbocycles. The maximum absolute atomic E-state index is 13.5. The number of fused-ring (bicyclic) bond motifs is 1. The lowest BCUT2D eigenvalue weighted by molar-refractivity contribution is 0.0281. The number of amides is 1. The summed E-state index contributed by atoms with van der Waals surface area (Å²) in [5.41, 5.74) is 0.512. The molecular formula is C29H35N3O6S. The molecule has 0 aromatic heterocycles. The van der Waals surface area contributed by atoms with Crippen molar-refractivity contribution in [3.63, 3.8) is 0 Å². The number of ether oxygens (including phenoxy) is 3. The lowest BCUT2D eigenvalue weighted by Crippen LogP contribution is -2.44. The SMILES string of the molecule is CO[C@H]1CN(C)C(=O)c2cc(NS(=O)(=O)c3ccc(Oc4ccccc4)cc3)ccc2OC[C@@H](C)NC[C@@H]1C. The molecule has 1 aliphatic rings. The van der Waals surface area contributed by atoms with E-state index in [-0.39, 0.29) is 40.1 Å². The van der Waals surface area contributed by atoms with Crippen LogP contribution in [0, 0.1) is 5.92 Å². The molecule has 1 aliphatic heterocycles. The molecule has 3 aromatic rings. The second kappa shape index (κ2) is 12.5. The number of nitrogens with zero attached hydrogens (tertiary/aromatic N) is 1. The lowest BCUT2D eigenvalue weighted by Gasteiger charge is -2.30. The van der Waals surface area contributed by atoms with Gasteiger partial charge in [0.2, 0.25) is 0 Å². The van der Waals surface area contributed by atoms with Crippen molar-refractivity contribution in [3.8, 4) is 17.2 Å². The molecule has 3 atom stereocenters. The Morgan fingerprint density at radius 1 is 1.00 bits per heavy atom. The topological polar surface area (TPSA) is 106 Å². The Kier molecular flexibility index (Phi) is 9.11. The molecule has 1 heterocycles. The van der Waals surface area contributed by atoms with Gasteiger partial charge in [0.25, 0.3) is 15.9 Å². The fourth-order valence-electron chi connectivity index (χ4n) is 4.25. The molecule has 10 heteroatoms. The first-order valence-electron chi connectivity index (χ1n) is 12.8. The van der Waals surface area contributed by atoms with Gasteiger partial charge in [-0.1, -0.05) is 25.1 Å². The van der Waals surface area contributed by atoms with Gasteiger partial charge in [0.05, 0.1) is 16.6 Å². The van der Waals surface area contributed by atoms with E-state index in [1.54, 1.807) is 43.3 Å². The second-order valence-electron chi connectivity index (χ2n) is 9.76. The van der Waals surface area contributed by atoms with E-state index in [2.05, 4.69) is 17.0 Å². The van der Waals surface area contributed by atoms with Crippen LogP contribution in [0.4, 0.5) is 5.69 Å². The van der Waals surface area contributed by atoms with Gasteiger partial charge < -0.3 is 24.4 Å². The summed E-state index contributed by atoms with van der Waals surface area (Å²) in [6, 6.07) is 20.1. The van der Waals surface area contributed by atoms with Crippen LogP contribution >= 0.6 is 0 Å². The third-order valence-electron chi connectivity index (χ3n) is 6.59. The maximum atomic E-state index is 13.5. The molecule has 0 unspecified atom stereocenters.